The molecular weight excluding hydrogens is 384 g/mol. The number of carbonyl (C=O) groups excluding carboxylic acids is 2. The Morgan fingerprint density at radius 2 is 1.87 bits per heavy atom. The summed E-state index contributed by atoms with van der Waals surface area (Å²) in [7, 11) is 1.72. The number of hydrogen-bond acceptors (Lipinski definition) is 5. The standard InChI is InChI=1S/C22H30N4O4/c1-3-26(15-21(28)25(2)22(16-23)9-5-4-6-10-22)14-20(27)24-17-7-8-18-19(13-17)30-12-11-29-18/h7-8,13H,3-6,9-12,14-15H2,1-2H3,(H,24,27)/p+1. The molecule has 162 valence electrons. The Morgan fingerprint density at radius 3 is 2.53 bits per heavy atom. The van der Waals surface area contributed by atoms with Crippen molar-refractivity contribution in [2.45, 2.75) is 44.6 Å². The third kappa shape index (κ3) is 5.03. The van der Waals surface area contributed by atoms with Gasteiger partial charge < -0.3 is 24.6 Å². The molecule has 0 radical (unpaired) electrons. The van der Waals surface area contributed by atoms with Crippen LogP contribution in [0.1, 0.15) is 39.0 Å². The zero-order chi connectivity index (χ0) is 21.6. The van der Waals surface area contributed by atoms with Gasteiger partial charge in [0.15, 0.2) is 24.6 Å². The molecule has 1 aliphatic heterocycles. The Hall–Kier alpha value is -2.79. The molecule has 0 bridgehead atoms. The largest absolute Gasteiger partial charge is 0.486 e. The van der Waals surface area contributed by atoms with E-state index in [1.165, 1.54) is 0 Å². The summed E-state index contributed by atoms with van der Waals surface area (Å²) in [5, 5.41) is 12.6. The summed E-state index contributed by atoms with van der Waals surface area (Å²) in [5.74, 6) is 1.02. The van der Waals surface area contributed by atoms with Gasteiger partial charge in [-0.05, 0) is 31.9 Å². The van der Waals surface area contributed by atoms with Crippen LogP contribution in [-0.4, -0.2) is 62.1 Å². The molecule has 0 saturated heterocycles. The predicted octanol–water partition coefficient (Wildman–Crippen LogP) is 0.986. The predicted molar refractivity (Wildman–Crippen MR) is 111 cm³/mol. The van der Waals surface area contributed by atoms with Gasteiger partial charge >= 0.3 is 0 Å². The molecular formula is C22H31N4O4+. The molecule has 2 aliphatic rings. The van der Waals surface area contributed by atoms with Crippen molar-refractivity contribution in [2.75, 3.05) is 45.2 Å². The van der Waals surface area contributed by atoms with E-state index in [0.717, 1.165) is 37.0 Å². The van der Waals surface area contributed by atoms with Gasteiger partial charge in [-0.25, -0.2) is 0 Å². The number of quaternary nitrogens is 1. The van der Waals surface area contributed by atoms with Gasteiger partial charge in [0.1, 0.15) is 18.8 Å². The van der Waals surface area contributed by atoms with Gasteiger partial charge in [-0.3, -0.25) is 9.59 Å². The van der Waals surface area contributed by atoms with Crippen molar-refractivity contribution in [1.82, 2.24) is 4.90 Å². The van der Waals surface area contributed by atoms with Gasteiger partial charge in [0.25, 0.3) is 11.8 Å². The molecule has 8 nitrogen and oxygen atoms in total. The number of benzene rings is 1. The molecule has 1 unspecified atom stereocenters. The molecule has 3 rings (SSSR count). The molecule has 30 heavy (non-hydrogen) atoms. The van der Waals surface area contributed by atoms with E-state index < -0.39 is 5.54 Å². The highest BCUT2D eigenvalue weighted by Crippen LogP contribution is 2.33. The van der Waals surface area contributed by atoms with Crippen molar-refractivity contribution in [3.05, 3.63) is 18.2 Å². The molecule has 0 aromatic heterocycles. The van der Waals surface area contributed by atoms with E-state index in [1.54, 1.807) is 30.1 Å². The van der Waals surface area contributed by atoms with Crippen molar-refractivity contribution >= 4 is 17.5 Å². The summed E-state index contributed by atoms with van der Waals surface area (Å²) in [4.78, 5) is 27.9. The van der Waals surface area contributed by atoms with Crippen LogP contribution < -0.4 is 19.7 Å². The number of hydrogen-bond donors (Lipinski definition) is 2. The van der Waals surface area contributed by atoms with Crippen LogP contribution >= 0.6 is 0 Å². The maximum absolute atomic E-state index is 12.9. The lowest BCUT2D eigenvalue weighted by atomic mass is 9.81. The zero-order valence-corrected chi connectivity index (χ0v) is 17.8. The van der Waals surface area contributed by atoms with E-state index in [1.807, 2.05) is 6.92 Å². The van der Waals surface area contributed by atoms with E-state index in [-0.39, 0.29) is 24.9 Å². The lowest BCUT2D eigenvalue weighted by Gasteiger charge is -2.39. The lowest BCUT2D eigenvalue weighted by molar-refractivity contribution is -0.882. The van der Waals surface area contributed by atoms with Gasteiger partial charge in [-0.1, -0.05) is 19.3 Å². The second-order valence-electron chi connectivity index (χ2n) is 8.02. The molecule has 2 amide bonds. The first-order chi connectivity index (χ1) is 14.5. The Labute approximate surface area is 177 Å². The third-order valence-electron chi connectivity index (χ3n) is 6.04. The number of amides is 2. The number of fused-ring (bicyclic) bond motifs is 1. The quantitative estimate of drug-likeness (QED) is 0.692. The SMILES string of the molecule is CC[NH+](CC(=O)Nc1ccc2c(c1)OCCO2)CC(=O)N(C)C1(C#N)CCCCC1. The Balaban J connectivity index is 1.56. The fourth-order valence-corrected chi connectivity index (χ4v) is 4.10. The molecule has 2 N–H and O–H groups in total. The number of carbonyl (C=O) groups is 2. The molecule has 0 spiro atoms. The van der Waals surface area contributed by atoms with Crippen LogP contribution in [-0.2, 0) is 9.59 Å². The van der Waals surface area contributed by atoms with E-state index in [0.29, 0.717) is 36.9 Å². The molecule has 1 heterocycles. The summed E-state index contributed by atoms with van der Waals surface area (Å²) in [6.07, 6.45) is 4.48. The monoisotopic (exact) mass is 415 g/mol. The highest BCUT2D eigenvalue weighted by molar-refractivity contribution is 5.92. The molecule has 1 fully saturated rings. The van der Waals surface area contributed by atoms with Gasteiger partial charge in [-0.2, -0.15) is 5.26 Å². The average Bonchev–Trinajstić information content (AvgIpc) is 2.78. The van der Waals surface area contributed by atoms with Crippen molar-refractivity contribution < 1.29 is 24.0 Å². The third-order valence-corrected chi connectivity index (χ3v) is 6.04. The van der Waals surface area contributed by atoms with Gasteiger partial charge in [0.05, 0.1) is 12.6 Å². The van der Waals surface area contributed by atoms with Crippen molar-refractivity contribution in [2.24, 2.45) is 0 Å². The first-order valence-electron chi connectivity index (χ1n) is 10.7. The van der Waals surface area contributed by atoms with E-state index in [4.69, 9.17) is 9.47 Å². The Kier molecular flexibility index (Phi) is 7.16. The lowest BCUT2D eigenvalue weighted by Crippen LogP contribution is -3.14. The number of nitriles is 1. The summed E-state index contributed by atoms with van der Waals surface area (Å²) >= 11 is 0. The molecule has 1 saturated carbocycles. The van der Waals surface area contributed by atoms with Crippen LogP contribution in [0.3, 0.4) is 0 Å². The molecule has 1 aromatic rings. The first kappa shape index (κ1) is 21.9. The minimum Gasteiger partial charge on any atom is -0.486 e. The minimum absolute atomic E-state index is 0.0950. The maximum atomic E-state index is 12.9. The zero-order valence-electron chi connectivity index (χ0n) is 17.8. The van der Waals surface area contributed by atoms with Crippen molar-refractivity contribution in [1.29, 1.82) is 5.26 Å². The second-order valence-corrected chi connectivity index (χ2v) is 8.02. The normalized spacial score (nSPS) is 18.0. The fraction of sp³-hybridized carbons (Fsp3) is 0.591. The number of anilines is 1. The van der Waals surface area contributed by atoms with Crippen LogP contribution in [0.2, 0.25) is 0 Å². The maximum Gasteiger partial charge on any atom is 0.279 e. The first-order valence-corrected chi connectivity index (χ1v) is 10.7. The summed E-state index contributed by atoms with van der Waals surface area (Å²) in [5.41, 5.74) is -0.0736. The fourth-order valence-electron chi connectivity index (χ4n) is 4.10. The van der Waals surface area contributed by atoms with Gasteiger partial charge in [0.2, 0.25) is 0 Å². The highest BCUT2D eigenvalue weighted by Gasteiger charge is 2.39. The highest BCUT2D eigenvalue weighted by atomic mass is 16.6. The van der Waals surface area contributed by atoms with Gasteiger partial charge in [-0.15, -0.1) is 0 Å². The molecule has 1 atom stereocenters. The number of nitrogens with zero attached hydrogens (tertiary/aromatic N) is 2. The van der Waals surface area contributed by atoms with Crippen LogP contribution in [0.5, 0.6) is 11.5 Å². The summed E-state index contributed by atoms with van der Waals surface area (Å²) < 4.78 is 11.0. The Bertz CT molecular complexity index is 814. The number of ether oxygens (including phenoxy) is 2. The van der Waals surface area contributed by atoms with Crippen LogP contribution in [0.25, 0.3) is 0 Å². The molecule has 1 aliphatic carbocycles. The number of likely N-dealkylation sites (N-methyl/N-ethyl adjacent to an activating group) is 2. The minimum atomic E-state index is -0.707. The molecule has 1 aromatic carbocycles. The Morgan fingerprint density at radius 1 is 1.17 bits per heavy atom. The number of rotatable bonds is 7. The molecule has 8 heteroatoms. The van der Waals surface area contributed by atoms with Crippen LogP contribution in [0, 0.1) is 11.3 Å². The van der Waals surface area contributed by atoms with E-state index in [2.05, 4.69) is 11.4 Å². The number of nitrogens with one attached hydrogen (secondary N) is 2. The second kappa shape index (κ2) is 9.81. The van der Waals surface area contributed by atoms with E-state index in [9.17, 15) is 14.9 Å². The van der Waals surface area contributed by atoms with Crippen LogP contribution in [0.4, 0.5) is 5.69 Å². The van der Waals surface area contributed by atoms with Crippen LogP contribution in [0.15, 0.2) is 18.2 Å². The van der Waals surface area contributed by atoms with E-state index >= 15 is 0 Å². The summed E-state index contributed by atoms with van der Waals surface area (Å²) in [6, 6.07) is 7.68. The van der Waals surface area contributed by atoms with Crippen molar-refractivity contribution in [3.63, 3.8) is 0 Å². The average molecular weight is 416 g/mol. The van der Waals surface area contributed by atoms with Crippen molar-refractivity contribution in [3.8, 4) is 17.6 Å². The smallest absolute Gasteiger partial charge is 0.279 e. The summed E-state index contributed by atoms with van der Waals surface area (Å²) in [6.45, 7) is 3.93. The topological polar surface area (TPSA) is 96.1 Å². The van der Waals surface area contributed by atoms with Gasteiger partial charge in [0, 0.05) is 18.8 Å².